The summed E-state index contributed by atoms with van der Waals surface area (Å²) in [4.78, 5) is 23.7. The van der Waals surface area contributed by atoms with Gasteiger partial charge in [0.15, 0.2) is 0 Å². The maximum absolute atomic E-state index is 12.0. The molecule has 5 N–H and O–H groups in total. The molecule has 0 bridgehead atoms. The first-order chi connectivity index (χ1) is 13.6. The van der Waals surface area contributed by atoms with E-state index in [0.29, 0.717) is 11.8 Å². The third-order valence-corrected chi connectivity index (χ3v) is 5.31. The Morgan fingerprint density at radius 1 is 1.00 bits per heavy atom. The molecule has 0 radical (unpaired) electrons. The van der Waals surface area contributed by atoms with Crippen LogP contribution in [0.1, 0.15) is 40.0 Å². The minimum Gasteiger partial charge on any atom is -0.460 e. The SMILES string of the molecule is CC1CCC(C(C)C)C(OC(=O)/C=C/C(=O)OCC(O)C(O)C(O)C(O)CO)C1. The molecule has 1 fully saturated rings. The molecular formula is C20H34O9. The summed E-state index contributed by atoms with van der Waals surface area (Å²) in [5, 5.41) is 46.8. The van der Waals surface area contributed by atoms with Crippen LogP contribution in [-0.4, -0.2) is 81.2 Å². The predicted molar refractivity (Wildman–Crippen MR) is 102 cm³/mol. The van der Waals surface area contributed by atoms with Crippen LogP contribution in [0.2, 0.25) is 0 Å². The monoisotopic (exact) mass is 418 g/mol. The first-order valence-corrected chi connectivity index (χ1v) is 9.95. The molecule has 9 nitrogen and oxygen atoms in total. The molecule has 1 aliphatic rings. The predicted octanol–water partition coefficient (Wildman–Crippen LogP) is -0.474. The van der Waals surface area contributed by atoms with Crippen molar-refractivity contribution in [2.45, 2.75) is 70.6 Å². The zero-order valence-corrected chi connectivity index (χ0v) is 17.2. The third-order valence-electron chi connectivity index (χ3n) is 5.31. The Morgan fingerprint density at radius 2 is 1.59 bits per heavy atom. The van der Waals surface area contributed by atoms with Gasteiger partial charge in [-0.1, -0.05) is 27.2 Å². The summed E-state index contributed by atoms with van der Waals surface area (Å²) in [5.74, 6) is -0.490. The second kappa shape index (κ2) is 12.2. The number of hydrogen-bond donors (Lipinski definition) is 5. The van der Waals surface area contributed by atoms with E-state index in [1.54, 1.807) is 0 Å². The quantitative estimate of drug-likeness (QED) is 0.234. The molecule has 1 rings (SSSR count). The number of aliphatic hydroxyl groups is 5. The number of carbonyl (C=O) groups excluding carboxylic acids is 2. The van der Waals surface area contributed by atoms with Crippen LogP contribution in [0.3, 0.4) is 0 Å². The topological polar surface area (TPSA) is 154 Å². The van der Waals surface area contributed by atoms with Crippen LogP contribution in [0.25, 0.3) is 0 Å². The van der Waals surface area contributed by atoms with E-state index in [9.17, 15) is 30.0 Å². The maximum atomic E-state index is 12.0. The van der Waals surface area contributed by atoms with E-state index >= 15 is 0 Å². The molecule has 0 saturated heterocycles. The Kier molecular flexibility index (Phi) is 10.8. The second-order valence-electron chi connectivity index (χ2n) is 8.06. The van der Waals surface area contributed by atoms with Gasteiger partial charge in [0, 0.05) is 12.2 Å². The number of rotatable bonds is 10. The first kappa shape index (κ1) is 25.5. The number of ether oxygens (including phenoxy) is 2. The van der Waals surface area contributed by atoms with Crippen molar-refractivity contribution < 1.29 is 44.6 Å². The average Bonchev–Trinajstić information content (AvgIpc) is 2.68. The Bertz CT molecular complexity index is 548. The first-order valence-electron chi connectivity index (χ1n) is 9.95. The summed E-state index contributed by atoms with van der Waals surface area (Å²) in [6.07, 6.45) is -2.53. The van der Waals surface area contributed by atoms with Crippen molar-refractivity contribution in [3.8, 4) is 0 Å². The van der Waals surface area contributed by atoms with Crippen molar-refractivity contribution in [3.63, 3.8) is 0 Å². The lowest BCUT2D eigenvalue weighted by molar-refractivity contribution is -0.153. The van der Waals surface area contributed by atoms with Crippen molar-refractivity contribution >= 4 is 11.9 Å². The second-order valence-corrected chi connectivity index (χ2v) is 8.06. The van der Waals surface area contributed by atoms with Gasteiger partial charge in [-0.05, 0) is 30.6 Å². The number of carbonyl (C=O) groups is 2. The van der Waals surface area contributed by atoms with Crippen molar-refractivity contribution in [2.75, 3.05) is 13.2 Å². The zero-order chi connectivity index (χ0) is 22.1. The van der Waals surface area contributed by atoms with E-state index in [1.165, 1.54) is 0 Å². The third kappa shape index (κ3) is 8.39. The molecule has 29 heavy (non-hydrogen) atoms. The van der Waals surface area contributed by atoms with E-state index in [-0.39, 0.29) is 12.0 Å². The van der Waals surface area contributed by atoms with E-state index in [0.717, 1.165) is 31.4 Å². The van der Waals surface area contributed by atoms with Gasteiger partial charge in [0.2, 0.25) is 0 Å². The highest BCUT2D eigenvalue weighted by Gasteiger charge is 2.33. The molecule has 7 unspecified atom stereocenters. The largest absolute Gasteiger partial charge is 0.460 e. The summed E-state index contributed by atoms with van der Waals surface area (Å²) >= 11 is 0. The minimum atomic E-state index is -1.83. The van der Waals surface area contributed by atoms with Crippen LogP contribution < -0.4 is 0 Å². The molecule has 0 aliphatic heterocycles. The Morgan fingerprint density at radius 3 is 2.17 bits per heavy atom. The molecular weight excluding hydrogens is 384 g/mol. The van der Waals surface area contributed by atoms with Gasteiger partial charge in [-0.25, -0.2) is 9.59 Å². The number of esters is 2. The minimum absolute atomic E-state index is 0.205. The van der Waals surface area contributed by atoms with E-state index < -0.39 is 49.6 Å². The van der Waals surface area contributed by atoms with Gasteiger partial charge in [0.1, 0.15) is 37.1 Å². The van der Waals surface area contributed by atoms with Crippen LogP contribution in [0.4, 0.5) is 0 Å². The van der Waals surface area contributed by atoms with Gasteiger partial charge in [0.25, 0.3) is 0 Å². The average molecular weight is 418 g/mol. The molecule has 1 aliphatic carbocycles. The fourth-order valence-corrected chi connectivity index (χ4v) is 3.45. The normalized spacial score (nSPS) is 26.7. The maximum Gasteiger partial charge on any atom is 0.331 e. The van der Waals surface area contributed by atoms with E-state index in [1.807, 2.05) is 0 Å². The van der Waals surface area contributed by atoms with Crippen LogP contribution >= 0.6 is 0 Å². The van der Waals surface area contributed by atoms with E-state index in [4.69, 9.17) is 14.6 Å². The molecule has 9 heteroatoms. The number of aliphatic hydroxyl groups excluding tert-OH is 5. The highest BCUT2D eigenvalue weighted by atomic mass is 16.5. The summed E-state index contributed by atoms with van der Waals surface area (Å²) < 4.78 is 10.2. The van der Waals surface area contributed by atoms with Crippen molar-refractivity contribution in [3.05, 3.63) is 12.2 Å². The fraction of sp³-hybridized carbons (Fsp3) is 0.800. The van der Waals surface area contributed by atoms with Crippen LogP contribution in [0.15, 0.2) is 12.2 Å². The lowest BCUT2D eigenvalue weighted by atomic mass is 9.75. The summed E-state index contributed by atoms with van der Waals surface area (Å²) in [5.41, 5.74) is 0. The Balaban J connectivity index is 2.47. The summed E-state index contributed by atoms with van der Waals surface area (Å²) in [6, 6.07) is 0. The highest BCUT2D eigenvalue weighted by Crippen LogP contribution is 2.35. The molecule has 168 valence electrons. The lowest BCUT2D eigenvalue weighted by Gasteiger charge is -2.36. The van der Waals surface area contributed by atoms with Gasteiger partial charge in [-0.2, -0.15) is 0 Å². The Labute approximate surface area is 170 Å². The molecule has 1 saturated carbocycles. The van der Waals surface area contributed by atoms with Gasteiger partial charge in [-0.15, -0.1) is 0 Å². The molecule has 7 atom stereocenters. The number of hydrogen-bond acceptors (Lipinski definition) is 9. The lowest BCUT2D eigenvalue weighted by Crippen LogP contribution is -2.47. The molecule has 0 aromatic heterocycles. The van der Waals surface area contributed by atoms with E-state index in [2.05, 4.69) is 20.8 Å². The molecule has 0 heterocycles. The van der Waals surface area contributed by atoms with Crippen molar-refractivity contribution in [1.82, 2.24) is 0 Å². The van der Waals surface area contributed by atoms with Gasteiger partial charge in [-0.3, -0.25) is 0 Å². The standard InChI is InChI=1S/C20H34O9/c1-11(2)13-5-4-12(3)8-16(13)29-18(25)7-6-17(24)28-10-15(23)20(27)19(26)14(22)9-21/h6-7,11-16,19-23,26-27H,4-5,8-10H2,1-3H3/b7-6+. The van der Waals surface area contributed by atoms with Gasteiger partial charge >= 0.3 is 11.9 Å². The molecule has 0 amide bonds. The van der Waals surface area contributed by atoms with Crippen LogP contribution in [0.5, 0.6) is 0 Å². The molecule has 0 aromatic carbocycles. The summed E-state index contributed by atoms with van der Waals surface area (Å²) in [6.45, 7) is 4.80. The fourth-order valence-electron chi connectivity index (χ4n) is 3.45. The van der Waals surface area contributed by atoms with Gasteiger partial charge < -0.3 is 35.0 Å². The Hall–Kier alpha value is -1.52. The van der Waals surface area contributed by atoms with Crippen LogP contribution in [0, 0.1) is 17.8 Å². The van der Waals surface area contributed by atoms with Crippen LogP contribution in [-0.2, 0) is 19.1 Å². The molecule has 0 spiro atoms. The smallest absolute Gasteiger partial charge is 0.331 e. The van der Waals surface area contributed by atoms with Crippen molar-refractivity contribution in [1.29, 1.82) is 0 Å². The summed E-state index contributed by atoms with van der Waals surface area (Å²) in [7, 11) is 0. The zero-order valence-electron chi connectivity index (χ0n) is 17.2. The van der Waals surface area contributed by atoms with Crippen molar-refractivity contribution in [2.24, 2.45) is 17.8 Å². The highest BCUT2D eigenvalue weighted by molar-refractivity contribution is 5.91. The van der Waals surface area contributed by atoms with Gasteiger partial charge in [0.05, 0.1) is 6.61 Å². The molecule has 0 aromatic rings.